The topological polar surface area (TPSA) is 0 Å². The van der Waals surface area contributed by atoms with E-state index in [1.54, 1.807) is 5.57 Å². The Morgan fingerprint density at radius 3 is 2.16 bits per heavy atom. The van der Waals surface area contributed by atoms with Gasteiger partial charge < -0.3 is 0 Å². The minimum Gasteiger partial charge on any atom is -0.0845 e. The maximum absolute atomic E-state index is 2.71. The van der Waals surface area contributed by atoms with E-state index in [-0.39, 0.29) is 7.43 Å². The first kappa shape index (κ1) is 31.7. The van der Waals surface area contributed by atoms with Gasteiger partial charge in [-0.25, -0.2) is 0 Å². The van der Waals surface area contributed by atoms with Crippen molar-refractivity contribution >= 4 is 0 Å². The molecule has 0 aromatic rings. The van der Waals surface area contributed by atoms with Gasteiger partial charge in [0, 0.05) is 0 Å². The zero-order valence-electron chi connectivity index (χ0n) is 23.4. The maximum Gasteiger partial charge on any atom is -0.00855 e. The third-order valence-electron chi connectivity index (χ3n) is 9.56. The molecule has 6 atom stereocenters. The minimum atomic E-state index is 0. The molecule has 3 rings (SSSR count). The summed E-state index contributed by atoms with van der Waals surface area (Å²) >= 11 is 0. The normalized spacial score (nSPS) is 35.3. The lowest BCUT2D eigenvalue weighted by atomic mass is 9.48. The largest absolute Gasteiger partial charge is 0.0845 e. The number of hydrogen-bond donors (Lipinski definition) is 0. The van der Waals surface area contributed by atoms with E-state index >= 15 is 0 Å². The molecule has 32 heavy (non-hydrogen) atoms. The molecule has 192 valence electrons. The first-order valence-corrected chi connectivity index (χ1v) is 14.6. The monoisotopic (exact) mass is 449 g/mol. The summed E-state index contributed by atoms with van der Waals surface area (Å²) in [7, 11) is 0. The van der Waals surface area contributed by atoms with Gasteiger partial charge in [-0.3, -0.25) is 0 Å². The van der Waals surface area contributed by atoms with Crippen LogP contribution < -0.4 is 0 Å². The van der Waals surface area contributed by atoms with Crippen molar-refractivity contribution in [2.45, 2.75) is 154 Å². The van der Waals surface area contributed by atoms with Crippen molar-refractivity contribution < 1.29 is 0 Å². The Balaban J connectivity index is 0.00000182. The second-order valence-electron chi connectivity index (χ2n) is 11.4. The molecule has 0 bridgehead atoms. The van der Waals surface area contributed by atoms with Gasteiger partial charge in [-0.2, -0.15) is 0 Å². The Kier molecular flexibility index (Phi) is 14.8. The Bertz CT molecular complexity index is 514. The van der Waals surface area contributed by atoms with E-state index in [0.29, 0.717) is 10.8 Å². The third-order valence-corrected chi connectivity index (χ3v) is 9.56. The number of rotatable bonds is 8. The molecule has 0 amide bonds. The lowest BCUT2D eigenvalue weighted by molar-refractivity contribution is -0.0387. The highest BCUT2D eigenvalue weighted by Crippen LogP contribution is 2.66. The molecule has 0 heteroatoms. The summed E-state index contributed by atoms with van der Waals surface area (Å²) < 4.78 is 0. The first-order valence-electron chi connectivity index (χ1n) is 14.6. The average Bonchev–Trinajstić information content (AvgIpc) is 3.11. The lowest BCUT2D eigenvalue weighted by Gasteiger charge is -2.56. The van der Waals surface area contributed by atoms with E-state index in [1.165, 1.54) is 77.0 Å². The average molecular weight is 449 g/mol. The smallest absolute Gasteiger partial charge is 0.00855 e. The van der Waals surface area contributed by atoms with Crippen LogP contribution >= 0.6 is 0 Å². The Morgan fingerprint density at radius 1 is 0.938 bits per heavy atom. The van der Waals surface area contributed by atoms with E-state index in [1.807, 2.05) is 27.7 Å². The van der Waals surface area contributed by atoms with Crippen LogP contribution in [-0.2, 0) is 0 Å². The number of allylic oxidation sites excluding steroid dienone is 2. The molecule has 0 saturated heterocycles. The summed E-state index contributed by atoms with van der Waals surface area (Å²) in [5.74, 6) is 4.86. The van der Waals surface area contributed by atoms with Gasteiger partial charge in [0.25, 0.3) is 0 Å². The molecule has 0 heterocycles. The predicted molar refractivity (Wildman–Crippen MR) is 149 cm³/mol. The highest BCUT2D eigenvalue weighted by molar-refractivity contribution is 5.22. The number of unbranched alkanes of at least 4 members (excludes halogenated alkanes) is 1. The predicted octanol–water partition coefficient (Wildman–Crippen LogP) is 11.5. The second-order valence-corrected chi connectivity index (χ2v) is 11.4. The van der Waals surface area contributed by atoms with Crippen molar-refractivity contribution in [1.82, 2.24) is 0 Å². The molecular weight excluding hydrogens is 384 g/mol. The van der Waals surface area contributed by atoms with E-state index < -0.39 is 0 Å². The number of hydrogen-bond acceptors (Lipinski definition) is 0. The van der Waals surface area contributed by atoms with Gasteiger partial charge in [-0.15, -0.1) is 0 Å². The van der Waals surface area contributed by atoms with Crippen molar-refractivity contribution in [2.75, 3.05) is 0 Å². The van der Waals surface area contributed by atoms with E-state index in [0.717, 1.165) is 29.6 Å². The molecule has 3 aliphatic rings. The standard InChI is InChI=1S/C27H48.2C2H6.CH4/c1-7-18-26(5)21(8-2)13-15-23-24-16-14-22(12-10-9-11-20(3)4)27(24,6)19-17-25(23)26;2*1-2;/h13,20,22-25H,7-12,14-19H2,1-6H3;2*1-2H3;1H4/t22-,23?,24?,25?,26-,27+;;;/m0.../s1. The van der Waals surface area contributed by atoms with Crippen LogP contribution in [0.1, 0.15) is 154 Å². The maximum atomic E-state index is 2.71. The van der Waals surface area contributed by atoms with Crippen LogP contribution in [0, 0.1) is 40.4 Å². The Hall–Kier alpha value is -0.260. The Labute approximate surface area is 205 Å². The quantitative estimate of drug-likeness (QED) is 0.256. The molecule has 0 N–H and O–H groups in total. The molecule has 3 unspecified atom stereocenters. The van der Waals surface area contributed by atoms with E-state index in [2.05, 4.69) is 47.6 Å². The molecule has 0 aliphatic heterocycles. The minimum absolute atomic E-state index is 0. The van der Waals surface area contributed by atoms with Gasteiger partial charge in [0.1, 0.15) is 0 Å². The first-order chi connectivity index (χ1) is 14.9. The van der Waals surface area contributed by atoms with E-state index in [4.69, 9.17) is 0 Å². The van der Waals surface area contributed by atoms with Gasteiger partial charge in [-0.05, 0) is 91.8 Å². The summed E-state index contributed by atoms with van der Waals surface area (Å²) in [6.45, 7) is 22.9. The van der Waals surface area contributed by atoms with Gasteiger partial charge >= 0.3 is 0 Å². The molecule has 0 radical (unpaired) electrons. The zero-order chi connectivity index (χ0) is 23.7. The molecule has 3 aliphatic carbocycles. The van der Waals surface area contributed by atoms with Crippen molar-refractivity contribution in [1.29, 1.82) is 0 Å². The van der Waals surface area contributed by atoms with E-state index in [9.17, 15) is 0 Å². The number of fused-ring (bicyclic) bond motifs is 3. The zero-order valence-corrected chi connectivity index (χ0v) is 23.4. The van der Waals surface area contributed by atoms with Crippen LogP contribution in [0.5, 0.6) is 0 Å². The molecule has 0 aromatic heterocycles. The summed E-state index contributed by atoms with van der Waals surface area (Å²) in [4.78, 5) is 0. The molecule has 0 spiro atoms. The fourth-order valence-corrected chi connectivity index (χ4v) is 8.10. The van der Waals surface area contributed by atoms with Gasteiger partial charge in [-0.1, -0.05) is 114 Å². The van der Waals surface area contributed by atoms with Crippen molar-refractivity contribution in [3.05, 3.63) is 11.6 Å². The van der Waals surface area contributed by atoms with Gasteiger partial charge in [0.2, 0.25) is 0 Å². The van der Waals surface area contributed by atoms with Crippen LogP contribution in [0.15, 0.2) is 11.6 Å². The van der Waals surface area contributed by atoms with Crippen LogP contribution in [-0.4, -0.2) is 0 Å². The lowest BCUT2D eigenvalue weighted by Crippen LogP contribution is -2.48. The molecule has 0 aromatic carbocycles. The van der Waals surface area contributed by atoms with Crippen LogP contribution in [0.2, 0.25) is 0 Å². The molecule has 2 saturated carbocycles. The summed E-state index contributed by atoms with van der Waals surface area (Å²) in [6, 6.07) is 0. The fourth-order valence-electron chi connectivity index (χ4n) is 8.10. The van der Waals surface area contributed by atoms with Crippen LogP contribution in [0.25, 0.3) is 0 Å². The third kappa shape index (κ3) is 6.66. The fraction of sp³-hybridized carbons (Fsp3) is 0.938. The van der Waals surface area contributed by atoms with Crippen LogP contribution in [0.3, 0.4) is 0 Å². The second kappa shape index (κ2) is 14.9. The highest BCUT2D eigenvalue weighted by Gasteiger charge is 2.57. The summed E-state index contributed by atoms with van der Waals surface area (Å²) in [6.07, 6.45) is 20.1. The highest BCUT2D eigenvalue weighted by atomic mass is 14.6. The Morgan fingerprint density at radius 2 is 1.59 bits per heavy atom. The molecular formula is C32H64. The van der Waals surface area contributed by atoms with Crippen molar-refractivity contribution in [3.8, 4) is 0 Å². The van der Waals surface area contributed by atoms with Gasteiger partial charge in [0.15, 0.2) is 0 Å². The molecule has 0 nitrogen and oxygen atoms in total. The SMILES string of the molecule is C.CC.CC.CCC[C@@]1(C)C(CC)=CCC2C1CC[C@@]1(C)C2CC[C@@H]1CCCCC(C)C. The summed E-state index contributed by atoms with van der Waals surface area (Å²) in [5, 5.41) is 0. The van der Waals surface area contributed by atoms with Crippen molar-refractivity contribution in [2.24, 2.45) is 40.4 Å². The van der Waals surface area contributed by atoms with Crippen LogP contribution in [0.4, 0.5) is 0 Å². The van der Waals surface area contributed by atoms with Crippen molar-refractivity contribution in [3.63, 3.8) is 0 Å². The molecule has 2 fully saturated rings. The van der Waals surface area contributed by atoms with Gasteiger partial charge in [0.05, 0.1) is 0 Å². The summed E-state index contributed by atoms with van der Waals surface area (Å²) in [5.41, 5.74) is 2.96.